The van der Waals surface area contributed by atoms with Crippen LogP contribution in [0.1, 0.15) is 33.3 Å². The lowest BCUT2D eigenvalue weighted by atomic mass is 10.1. The second-order valence-electron chi connectivity index (χ2n) is 6.69. The quantitative estimate of drug-likeness (QED) is 0.890. The Morgan fingerprint density at radius 2 is 2.04 bits per heavy atom. The Bertz CT molecular complexity index is 670. The average molecular weight is 318 g/mol. The summed E-state index contributed by atoms with van der Waals surface area (Å²) in [7, 11) is 0. The number of benzene rings is 1. The molecule has 5 nitrogen and oxygen atoms in total. The molecule has 0 fully saturated rings. The number of fused-ring (bicyclic) bond motifs is 1. The molecule has 2 aromatic rings. The molecule has 23 heavy (non-hydrogen) atoms. The zero-order valence-electron chi connectivity index (χ0n) is 14.3. The number of carbonyl (C=O) groups excluding carboxylic acids is 1. The summed E-state index contributed by atoms with van der Waals surface area (Å²) in [4.78, 5) is 11.9. The highest BCUT2D eigenvalue weighted by molar-refractivity contribution is 5.84. The second kappa shape index (κ2) is 7.04. The predicted octanol–water partition coefficient (Wildman–Crippen LogP) is 3.09. The summed E-state index contributed by atoms with van der Waals surface area (Å²) >= 11 is 0. The number of amides is 1. The van der Waals surface area contributed by atoms with E-state index in [0.29, 0.717) is 6.42 Å². The minimum atomic E-state index is -0.553. The van der Waals surface area contributed by atoms with E-state index in [9.17, 15) is 9.90 Å². The summed E-state index contributed by atoms with van der Waals surface area (Å²) in [6.45, 7) is 8.29. The summed E-state index contributed by atoms with van der Waals surface area (Å²) in [6, 6.07) is 7.79. The van der Waals surface area contributed by atoms with Crippen LogP contribution >= 0.6 is 0 Å². The Balaban J connectivity index is 2.15. The second-order valence-corrected chi connectivity index (χ2v) is 6.69. The van der Waals surface area contributed by atoms with Crippen LogP contribution in [-0.2, 0) is 17.7 Å². The molecule has 2 rings (SSSR count). The van der Waals surface area contributed by atoms with Crippen LogP contribution in [0.3, 0.4) is 0 Å². The first-order valence-electron chi connectivity index (χ1n) is 8.01. The van der Waals surface area contributed by atoms with Crippen LogP contribution in [0.15, 0.2) is 30.5 Å². The third-order valence-corrected chi connectivity index (χ3v) is 3.62. The van der Waals surface area contributed by atoms with Gasteiger partial charge in [-0.15, -0.1) is 0 Å². The van der Waals surface area contributed by atoms with Crippen molar-refractivity contribution in [1.29, 1.82) is 0 Å². The Labute approximate surface area is 137 Å². The number of hydrogen-bond acceptors (Lipinski definition) is 3. The van der Waals surface area contributed by atoms with E-state index in [-0.39, 0.29) is 12.6 Å². The van der Waals surface area contributed by atoms with E-state index in [1.807, 2.05) is 32.9 Å². The standard InChI is InChI=1S/C18H26N2O3/c1-5-20-11-13(15-8-6-7-9-16(15)20)10-14(12-21)19-17(22)23-18(2,3)4/h6-9,11,14,21H,5,10,12H2,1-4H3,(H,19,22). The number of alkyl carbamates (subject to hydrolysis) is 1. The number of para-hydroxylation sites is 1. The summed E-state index contributed by atoms with van der Waals surface area (Å²) < 4.78 is 7.43. The summed E-state index contributed by atoms with van der Waals surface area (Å²) in [5, 5.41) is 13.5. The van der Waals surface area contributed by atoms with E-state index < -0.39 is 11.7 Å². The molecule has 126 valence electrons. The van der Waals surface area contributed by atoms with Crippen molar-refractivity contribution in [3.63, 3.8) is 0 Å². The van der Waals surface area contributed by atoms with Gasteiger partial charge in [0, 0.05) is 23.6 Å². The minimum absolute atomic E-state index is 0.134. The van der Waals surface area contributed by atoms with E-state index in [2.05, 4.69) is 35.1 Å². The van der Waals surface area contributed by atoms with E-state index in [0.717, 1.165) is 17.5 Å². The Kier molecular flexibility index (Phi) is 5.31. The number of aliphatic hydroxyl groups is 1. The molecule has 2 N–H and O–H groups in total. The van der Waals surface area contributed by atoms with Crippen molar-refractivity contribution in [2.45, 2.75) is 52.3 Å². The molecular formula is C18H26N2O3. The fourth-order valence-electron chi connectivity index (χ4n) is 2.65. The van der Waals surface area contributed by atoms with E-state index in [1.165, 1.54) is 5.52 Å². The van der Waals surface area contributed by atoms with Crippen LogP contribution in [0.25, 0.3) is 10.9 Å². The van der Waals surface area contributed by atoms with Gasteiger partial charge in [0.2, 0.25) is 0 Å². The number of aliphatic hydroxyl groups excluding tert-OH is 1. The van der Waals surface area contributed by atoms with Crippen LogP contribution in [0.5, 0.6) is 0 Å². The first kappa shape index (κ1) is 17.3. The molecule has 1 aromatic carbocycles. The largest absolute Gasteiger partial charge is 0.444 e. The molecule has 1 aromatic heterocycles. The van der Waals surface area contributed by atoms with E-state index >= 15 is 0 Å². The van der Waals surface area contributed by atoms with Crippen molar-refractivity contribution in [2.75, 3.05) is 6.61 Å². The number of ether oxygens (including phenoxy) is 1. The van der Waals surface area contributed by atoms with Crippen LogP contribution in [0, 0.1) is 0 Å². The van der Waals surface area contributed by atoms with Gasteiger partial charge in [0.05, 0.1) is 12.6 Å². The van der Waals surface area contributed by atoms with Crippen molar-refractivity contribution in [3.8, 4) is 0 Å². The summed E-state index contributed by atoms with van der Waals surface area (Å²) in [5.41, 5.74) is 1.72. The fourth-order valence-corrected chi connectivity index (χ4v) is 2.65. The Morgan fingerprint density at radius 1 is 1.35 bits per heavy atom. The van der Waals surface area contributed by atoms with Crippen molar-refractivity contribution in [2.24, 2.45) is 0 Å². The van der Waals surface area contributed by atoms with Gasteiger partial charge in [0.15, 0.2) is 0 Å². The number of hydrogen-bond donors (Lipinski definition) is 2. The summed E-state index contributed by atoms with van der Waals surface area (Å²) in [6.07, 6.45) is 2.14. The summed E-state index contributed by atoms with van der Waals surface area (Å²) in [5.74, 6) is 0. The fraction of sp³-hybridized carbons (Fsp3) is 0.500. The lowest BCUT2D eigenvalue weighted by Gasteiger charge is -2.22. The molecular weight excluding hydrogens is 292 g/mol. The monoisotopic (exact) mass is 318 g/mol. The molecule has 0 spiro atoms. The highest BCUT2D eigenvalue weighted by atomic mass is 16.6. The number of aryl methyl sites for hydroxylation is 1. The number of nitrogens with zero attached hydrogens (tertiary/aromatic N) is 1. The maximum Gasteiger partial charge on any atom is 0.407 e. The normalized spacial score (nSPS) is 13.1. The number of carbonyl (C=O) groups is 1. The van der Waals surface area contributed by atoms with Gasteiger partial charge in [0.1, 0.15) is 5.60 Å². The third-order valence-electron chi connectivity index (χ3n) is 3.62. The number of rotatable bonds is 5. The van der Waals surface area contributed by atoms with Gasteiger partial charge in [-0.25, -0.2) is 4.79 Å². The molecule has 0 saturated carbocycles. The molecule has 1 unspecified atom stereocenters. The lowest BCUT2D eigenvalue weighted by Crippen LogP contribution is -2.42. The van der Waals surface area contributed by atoms with Crippen LogP contribution in [-0.4, -0.2) is 34.0 Å². The lowest BCUT2D eigenvalue weighted by molar-refractivity contribution is 0.0483. The highest BCUT2D eigenvalue weighted by Crippen LogP contribution is 2.22. The molecule has 0 saturated heterocycles. The van der Waals surface area contributed by atoms with Gasteiger partial charge in [0.25, 0.3) is 0 Å². The van der Waals surface area contributed by atoms with Gasteiger partial charge >= 0.3 is 6.09 Å². The third kappa shape index (κ3) is 4.48. The van der Waals surface area contributed by atoms with Crippen LogP contribution in [0.4, 0.5) is 4.79 Å². The van der Waals surface area contributed by atoms with Gasteiger partial charge in [-0.1, -0.05) is 18.2 Å². The van der Waals surface area contributed by atoms with Gasteiger partial charge in [-0.3, -0.25) is 0 Å². The Hall–Kier alpha value is -2.01. The molecule has 0 aliphatic carbocycles. The van der Waals surface area contributed by atoms with Crippen LogP contribution in [0.2, 0.25) is 0 Å². The molecule has 0 aliphatic heterocycles. The zero-order valence-corrected chi connectivity index (χ0v) is 14.3. The van der Waals surface area contributed by atoms with E-state index in [4.69, 9.17) is 4.74 Å². The number of nitrogens with one attached hydrogen (secondary N) is 1. The number of aromatic nitrogens is 1. The van der Waals surface area contributed by atoms with Crippen LogP contribution < -0.4 is 5.32 Å². The van der Waals surface area contributed by atoms with Crippen molar-refractivity contribution in [1.82, 2.24) is 9.88 Å². The van der Waals surface area contributed by atoms with E-state index in [1.54, 1.807) is 0 Å². The van der Waals surface area contributed by atoms with Crippen molar-refractivity contribution < 1.29 is 14.6 Å². The van der Waals surface area contributed by atoms with Gasteiger partial charge < -0.3 is 19.7 Å². The molecule has 5 heteroatoms. The molecule has 1 atom stereocenters. The first-order valence-corrected chi connectivity index (χ1v) is 8.01. The molecule has 0 radical (unpaired) electrons. The highest BCUT2D eigenvalue weighted by Gasteiger charge is 2.20. The first-order chi connectivity index (χ1) is 10.8. The van der Waals surface area contributed by atoms with Gasteiger partial charge in [-0.2, -0.15) is 0 Å². The molecule has 1 heterocycles. The minimum Gasteiger partial charge on any atom is -0.444 e. The molecule has 0 aliphatic rings. The smallest absolute Gasteiger partial charge is 0.407 e. The van der Waals surface area contributed by atoms with Crippen molar-refractivity contribution in [3.05, 3.63) is 36.0 Å². The van der Waals surface area contributed by atoms with Crippen molar-refractivity contribution >= 4 is 17.0 Å². The average Bonchev–Trinajstić information content (AvgIpc) is 2.83. The molecule has 1 amide bonds. The Morgan fingerprint density at radius 3 is 2.65 bits per heavy atom. The zero-order chi connectivity index (χ0) is 17.0. The van der Waals surface area contributed by atoms with Gasteiger partial charge in [-0.05, 0) is 45.7 Å². The maximum atomic E-state index is 11.9. The maximum absolute atomic E-state index is 11.9. The predicted molar refractivity (Wildman–Crippen MR) is 91.6 cm³/mol. The molecule has 0 bridgehead atoms. The SMILES string of the molecule is CCn1cc(CC(CO)NC(=O)OC(C)(C)C)c2ccccc21. The topological polar surface area (TPSA) is 63.5 Å².